The van der Waals surface area contributed by atoms with E-state index < -0.39 is 0 Å². The smallest absolute Gasteiger partial charge is 0.119 e. The standard InChI is InChI=1S/C6H8N2.2C6H7NO.C6H6O2/c7-5-1-2-6(8)4-3-5;7-5-1-3-6(8)4-2-5;2*7-5-2-1-3-6(8)4-5/h1-4H,7-8H2;2*1-4,8H,7H2;1-4,7-8H. The zero-order valence-electron chi connectivity index (χ0n) is 17.3. The van der Waals surface area contributed by atoms with Crippen LogP contribution in [0, 0.1) is 0 Å². The zero-order valence-corrected chi connectivity index (χ0v) is 17.3. The van der Waals surface area contributed by atoms with E-state index in [9.17, 15) is 0 Å². The van der Waals surface area contributed by atoms with E-state index in [1.165, 1.54) is 24.3 Å². The van der Waals surface area contributed by atoms with Crippen molar-refractivity contribution in [3.63, 3.8) is 0 Å². The second kappa shape index (κ2) is 13.5. The minimum Gasteiger partial charge on any atom is -0.508 e. The van der Waals surface area contributed by atoms with Crippen LogP contribution < -0.4 is 22.9 Å². The van der Waals surface area contributed by atoms with Gasteiger partial charge in [0, 0.05) is 34.9 Å². The lowest BCUT2D eigenvalue weighted by atomic mass is 10.3. The number of hydrogen-bond acceptors (Lipinski definition) is 8. The predicted octanol–water partition coefficient (Wildman–Crippen LogP) is 3.90. The average Bonchev–Trinajstić information content (AvgIpc) is 2.73. The summed E-state index contributed by atoms with van der Waals surface area (Å²) in [6.07, 6.45) is 0. The molecule has 0 atom stereocenters. The molecule has 0 radical (unpaired) electrons. The number of aromatic hydroxyl groups is 4. The van der Waals surface area contributed by atoms with Crippen molar-refractivity contribution in [2.45, 2.75) is 0 Å². The maximum Gasteiger partial charge on any atom is 0.119 e. The predicted molar refractivity (Wildman–Crippen MR) is 130 cm³/mol. The summed E-state index contributed by atoms with van der Waals surface area (Å²) in [6, 6.07) is 25.8. The van der Waals surface area contributed by atoms with E-state index in [1.807, 2.05) is 0 Å². The van der Waals surface area contributed by atoms with Crippen LogP contribution in [0.5, 0.6) is 23.0 Å². The molecule has 0 heterocycles. The molecule has 168 valence electrons. The van der Waals surface area contributed by atoms with Gasteiger partial charge in [0.05, 0.1) is 0 Å². The van der Waals surface area contributed by atoms with E-state index in [4.69, 9.17) is 43.4 Å². The Kier molecular flexibility index (Phi) is 10.7. The number of rotatable bonds is 0. The van der Waals surface area contributed by atoms with E-state index >= 15 is 0 Å². The molecule has 0 aromatic heterocycles. The molecule has 4 rings (SSSR count). The van der Waals surface area contributed by atoms with Crippen LogP contribution in [0.1, 0.15) is 0 Å². The Balaban J connectivity index is 0.000000213. The van der Waals surface area contributed by atoms with Crippen LogP contribution in [0.3, 0.4) is 0 Å². The van der Waals surface area contributed by atoms with Crippen molar-refractivity contribution < 1.29 is 20.4 Å². The Labute approximate surface area is 186 Å². The molecular weight excluding hydrogens is 408 g/mol. The van der Waals surface area contributed by atoms with Crippen molar-refractivity contribution in [3.05, 3.63) is 97.1 Å². The summed E-state index contributed by atoms with van der Waals surface area (Å²) in [6.45, 7) is 0. The number of nitrogen functional groups attached to an aromatic ring is 4. The molecule has 0 unspecified atom stereocenters. The van der Waals surface area contributed by atoms with Crippen LogP contribution in [-0.4, -0.2) is 20.4 Å². The molecule has 0 saturated heterocycles. The highest BCUT2D eigenvalue weighted by atomic mass is 16.3. The fourth-order valence-electron chi connectivity index (χ4n) is 1.99. The number of phenols is 4. The fourth-order valence-corrected chi connectivity index (χ4v) is 1.99. The van der Waals surface area contributed by atoms with E-state index in [1.54, 1.807) is 72.8 Å². The van der Waals surface area contributed by atoms with Crippen molar-refractivity contribution in [2.24, 2.45) is 0 Å². The first kappa shape index (κ1) is 25.3. The first-order chi connectivity index (χ1) is 15.2. The molecule has 0 aliphatic heterocycles. The molecule has 4 aromatic carbocycles. The topological polar surface area (TPSA) is 185 Å². The summed E-state index contributed by atoms with van der Waals surface area (Å²) in [7, 11) is 0. The van der Waals surface area contributed by atoms with Crippen LogP contribution in [-0.2, 0) is 0 Å². The molecule has 32 heavy (non-hydrogen) atoms. The molecule has 0 bridgehead atoms. The van der Waals surface area contributed by atoms with Crippen molar-refractivity contribution in [1.29, 1.82) is 0 Å². The Morgan fingerprint density at radius 2 is 0.688 bits per heavy atom. The summed E-state index contributed by atoms with van der Waals surface area (Å²) >= 11 is 0. The van der Waals surface area contributed by atoms with Crippen molar-refractivity contribution in [2.75, 3.05) is 22.9 Å². The van der Waals surface area contributed by atoms with Gasteiger partial charge in [-0.15, -0.1) is 0 Å². The number of hydrogen-bond donors (Lipinski definition) is 8. The van der Waals surface area contributed by atoms with Gasteiger partial charge in [0.15, 0.2) is 0 Å². The van der Waals surface area contributed by atoms with E-state index in [-0.39, 0.29) is 23.0 Å². The molecule has 8 heteroatoms. The summed E-state index contributed by atoms with van der Waals surface area (Å²) in [4.78, 5) is 0. The molecule has 0 saturated carbocycles. The molecule has 0 amide bonds. The maximum atomic E-state index is 8.73. The van der Waals surface area contributed by atoms with Gasteiger partial charge in [0.25, 0.3) is 0 Å². The Morgan fingerprint density at radius 1 is 0.344 bits per heavy atom. The summed E-state index contributed by atoms with van der Waals surface area (Å²) < 4.78 is 0. The van der Waals surface area contributed by atoms with Gasteiger partial charge < -0.3 is 43.4 Å². The second-order valence-electron chi connectivity index (χ2n) is 6.37. The highest BCUT2D eigenvalue weighted by Gasteiger charge is 1.86. The van der Waals surface area contributed by atoms with Crippen LogP contribution in [0.4, 0.5) is 22.7 Å². The summed E-state index contributed by atoms with van der Waals surface area (Å²) in [5.41, 5.74) is 24.1. The maximum absolute atomic E-state index is 8.73. The number of phenolic OH excluding ortho intramolecular Hbond substituents is 4. The first-order valence-electron chi connectivity index (χ1n) is 9.33. The molecule has 4 aromatic rings. The fraction of sp³-hybridized carbons (Fsp3) is 0. The van der Waals surface area contributed by atoms with Crippen LogP contribution in [0.15, 0.2) is 97.1 Å². The van der Waals surface area contributed by atoms with Gasteiger partial charge in [-0.25, -0.2) is 0 Å². The Bertz CT molecular complexity index is 893. The molecule has 8 nitrogen and oxygen atoms in total. The van der Waals surface area contributed by atoms with E-state index in [2.05, 4.69) is 0 Å². The van der Waals surface area contributed by atoms with E-state index in [0.29, 0.717) is 11.4 Å². The van der Waals surface area contributed by atoms with Crippen LogP contribution in [0.2, 0.25) is 0 Å². The third-order valence-corrected chi connectivity index (χ3v) is 3.53. The van der Waals surface area contributed by atoms with Crippen molar-refractivity contribution in [1.82, 2.24) is 0 Å². The van der Waals surface area contributed by atoms with Gasteiger partial charge in [-0.2, -0.15) is 0 Å². The largest absolute Gasteiger partial charge is 0.508 e. The van der Waals surface area contributed by atoms with E-state index in [0.717, 1.165) is 11.4 Å². The van der Waals surface area contributed by atoms with Gasteiger partial charge in [0.2, 0.25) is 0 Å². The van der Waals surface area contributed by atoms with Gasteiger partial charge in [-0.3, -0.25) is 0 Å². The molecule has 12 N–H and O–H groups in total. The highest BCUT2D eigenvalue weighted by molar-refractivity contribution is 5.48. The average molecular weight is 437 g/mol. The monoisotopic (exact) mass is 436 g/mol. The van der Waals surface area contributed by atoms with Gasteiger partial charge in [-0.05, 0) is 72.8 Å². The number of benzene rings is 4. The SMILES string of the molecule is Nc1ccc(N)cc1.Nc1ccc(O)cc1.Nc1cccc(O)c1.Oc1cccc(O)c1. The third-order valence-electron chi connectivity index (χ3n) is 3.53. The lowest BCUT2D eigenvalue weighted by Gasteiger charge is -1.90. The molecule has 0 spiro atoms. The van der Waals surface area contributed by atoms with Crippen LogP contribution >= 0.6 is 0 Å². The normalized spacial score (nSPS) is 9.00. The minimum absolute atomic E-state index is 0.0880. The molecule has 0 aliphatic rings. The van der Waals surface area contributed by atoms with Crippen molar-refractivity contribution in [3.8, 4) is 23.0 Å². The quantitative estimate of drug-likeness (QED) is 0.151. The van der Waals surface area contributed by atoms with Gasteiger partial charge in [-0.1, -0.05) is 12.1 Å². The summed E-state index contributed by atoms with van der Waals surface area (Å²) in [5.74, 6) is 0.638. The number of anilines is 4. The van der Waals surface area contributed by atoms with Gasteiger partial charge >= 0.3 is 0 Å². The highest BCUT2D eigenvalue weighted by Crippen LogP contribution is 2.15. The molecule has 0 fully saturated rings. The second-order valence-corrected chi connectivity index (χ2v) is 6.37. The Hall–Kier alpha value is -4.72. The third kappa shape index (κ3) is 12.0. The van der Waals surface area contributed by atoms with Crippen molar-refractivity contribution >= 4 is 22.7 Å². The minimum atomic E-state index is 0.0880. The lowest BCUT2D eigenvalue weighted by molar-refractivity contribution is 0.450. The summed E-state index contributed by atoms with van der Waals surface area (Å²) in [5, 5.41) is 34.7. The van der Waals surface area contributed by atoms with Gasteiger partial charge in [0.1, 0.15) is 23.0 Å². The van der Waals surface area contributed by atoms with Crippen LogP contribution in [0.25, 0.3) is 0 Å². The number of nitrogens with two attached hydrogens (primary N) is 4. The Morgan fingerprint density at radius 3 is 0.938 bits per heavy atom. The molecule has 0 aliphatic carbocycles. The molecular formula is C24H28N4O4. The first-order valence-corrected chi connectivity index (χ1v) is 9.33. The zero-order chi connectivity index (χ0) is 23.9. The lowest BCUT2D eigenvalue weighted by Crippen LogP contribution is -1.86.